The SMILES string of the molecule is CC(C)(C)[Si](C)(C)OC1CCC(c2nc(C(=O)O)ccc2F)CC1. The van der Waals surface area contributed by atoms with Gasteiger partial charge in [-0.05, 0) is 55.9 Å². The fraction of sp³-hybridized carbons (Fsp3) is 0.667. The van der Waals surface area contributed by atoms with Crippen molar-refractivity contribution in [1.29, 1.82) is 0 Å². The van der Waals surface area contributed by atoms with Crippen molar-refractivity contribution in [2.75, 3.05) is 0 Å². The highest BCUT2D eigenvalue weighted by atomic mass is 28.4. The van der Waals surface area contributed by atoms with Crippen LogP contribution in [0.2, 0.25) is 18.1 Å². The molecule has 0 aromatic carbocycles. The maximum absolute atomic E-state index is 14.1. The van der Waals surface area contributed by atoms with Crippen LogP contribution in [-0.2, 0) is 4.43 Å². The van der Waals surface area contributed by atoms with E-state index in [1.165, 1.54) is 12.1 Å². The maximum Gasteiger partial charge on any atom is 0.354 e. The molecule has 0 saturated heterocycles. The summed E-state index contributed by atoms with van der Waals surface area (Å²) in [7, 11) is -1.80. The molecule has 1 aliphatic carbocycles. The van der Waals surface area contributed by atoms with Crippen molar-refractivity contribution in [2.45, 2.75) is 76.6 Å². The van der Waals surface area contributed by atoms with Gasteiger partial charge in [-0.3, -0.25) is 0 Å². The molecular weight excluding hydrogens is 325 g/mol. The number of carbonyl (C=O) groups is 1. The Hall–Kier alpha value is -1.27. The molecule has 0 aliphatic heterocycles. The molecular formula is C18H28FNO3Si. The Balaban J connectivity index is 2.03. The summed E-state index contributed by atoms with van der Waals surface area (Å²) >= 11 is 0. The zero-order chi connectivity index (χ0) is 18.1. The molecule has 2 rings (SSSR count). The molecule has 0 atom stereocenters. The van der Waals surface area contributed by atoms with Gasteiger partial charge >= 0.3 is 5.97 Å². The molecule has 1 saturated carbocycles. The summed E-state index contributed by atoms with van der Waals surface area (Å²) in [4.78, 5) is 15.1. The van der Waals surface area contributed by atoms with Gasteiger partial charge in [0.15, 0.2) is 8.32 Å². The number of nitrogens with zero attached hydrogens (tertiary/aromatic N) is 1. The Morgan fingerprint density at radius 1 is 1.25 bits per heavy atom. The van der Waals surface area contributed by atoms with Crippen LogP contribution in [0.1, 0.15) is 68.6 Å². The highest BCUT2D eigenvalue weighted by Crippen LogP contribution is 2.41. The number of pyridine rings is 1. The summed E-state index contributed by atoms with van der Waals surface area (Å²) in [6.45, 7) is 11.2. The van der Waals surface area contributed by atoms with Gasteiger partial charge in [-0.15, -0.1) is 0 Å². The first-order valence-electron chi connectivity index (χ1n) is 8.59. The van der Waals surface area contributed by atoms with E-state index in [0.29, 0.717) is 5.69 Å². The molecule has 1 aliphatic rings. The minimum absolute atomic E-state index is 0.0245. The smallest absolute Gasteiger partial charge is 0.354 e. The van der Waals surface area contributed by atoms with Crippen LogP contribution < -0.4 is 0 Å². The molecule has 4 nitrogen and oxygen atoms in total. The lowest BCUT2D eigenvalue weighted by atomic mass is 9.85. The molecule has 1 aromatic heterocycles. The van der Waals surface area contributed by atoms with Crippen molar-refractivity contribution < 1.29 is 18.7 Å². The lowest BCUT2D eigenvalue weighted by molar-refractivity contribution is 0.0689. The summed E-state index contributed by atoms with van der Waals surface area (Å²) in [6.07, 6.45) is 3.52. The number of rotatable bonds is 4. The van der Waals surface area contributed by atoms with Crippen LogP contribution in [0.4, 0.5) is 4.39 Å². The molecule has 134 valence electrons. The number of aromatic nitrogens is 1. The normalized spacial score (nSPS) is 22.4. The number of carboxylic acids is 1. The van der Waals surface area contributed by atoms with Crippen LogP contribution in [0.25, 0.3) is 0 Å². The van der Waals surface area contributed by atoms with E-state index in [1.54, 1.807) is 0 Å². The highest BCUT2D eigenvalue weighted by Gasteiger charge is 2.40. The number of carboxylic acid groups (broad SMARTS) is 1. The largest absolute Gasteiger partial charge is 0.477 e. The van der Waals surface area contributed by atoms with Crippen molar-refractivity contribution in [2.24, 2.45) is 0 Å². The van der Waals surface area contributed by atoms with Gasteiger partial charge in [-0.2, -0.15) is 0 Å². The molecule has 0 amide bonds. The zero-order valence-corrected chi connectivity index (χ0v) is 16.2. The molecule has 0 radical (unpaired) electrons. The van der Waals surface area contributed by atoms with Gasteiger partial charge in [0.2, 0.25) is 0 Å². The predicted octanol–water partition coefficient (Wildman–Crippen LogP) is 4.97. The Labute approximate surface area is 144 Å². The molecule has 0 bridgehead atoms. The molecule has 1 aromatic rings. The third-order valence-corrected chi connectivity index (χ3v) is 9.96. The van der Waals surface area contributed by atoms with Gasteiger partial charge in [0.1, 0.15) is 11.5 Å². The van der Waals surface area contributed by atoms with Crippen molar-refractivity contribution in [3.8, 4) is 0 Å². The second kappa shape index (κ2) is 6.92. The van der Waals surface area contributed by atoms with Crippen molar-refractivity contribution in [1.82, 2.24) is 4.98 Å². The van der Waals surface area contributed by atoms with Gasteiger partial charge in [-0.25, -0.2) is 14.2 Å². The van der Waals surface area contributed by atoms with E-state index in [9.17, 15) is 9.18 Å². The summed E-state index contributed by atoms with van der Waals surface area (Å²) in [5.74, 6) is -1.55. The van der Waals surface area contributed by atoms with Crippen LogP contribution in [0.5, 0.6) is 0 Å². The van der Waals surface area contributed by atoms with Crippen molar-refractivity contribution >= 4 is 14.3 Å². The summed E-state index contributed by atoms with van der Waals surface area (Å²) < 4.78 is 20.5. The molecule has 1 N–H and O–H groups in total. The molecule has 24 heavy (non-hydrogen) atoms. The third kappa shape index (κ3) is 4.22. The van der Waals surface area contributed by atoms with E-state index in [0.717, 1.165) is 25.7 Å². The predicted molar refractivity (Wildman–Crippen MR) is 94.4 cm³/mol. The topological polar surface area (TPSA) is 59.4 Å². The lowest BCUT2D eigenvalue weighted by Crippen LogP contribution is -2.44. The minimum atomic E-state index is -1.80. The average Bonchev–Trinajstić information content (AvgIpc) is 2.47. The van der Waals surface area contributed by atoms with E-state index < -0.39 is 20.1 Å². The zero-order valence-electron chi connectivity index (χ0n) is 15.2. The van der Waals surface area contributed by atoms with E-state index in [1.807, 2.05) is 0 Å². The molecule has 6 heteroatoms. The summed E-state index contributed by atoms with van der Waals surface area (Å²) in [6, 6.07) is 2.43. The Kier molecular flexibility index (Phi) is 5.49. The fourth-order valence-electron chi connectivity index (χ4n) is 2.91. The second-order valence-electron chi connectivity index (χ2n) is 8.22. The Morgan fingerprint density at radius 2 is 1.83 bits per heavy atom. The van der Waals surface area contributed by atoms with E-state index >= 15 is 0 Å². The first-order valence-corrected chi connectivity index (χ1v) is 11.5. The first kappa shape index (κ1) is 19.1. The molecule has 1 heterocycles. The molecule has 0 spiro atoms. The van der Waals surface area contributed by atoms with E-state index in [-0.39, 0.29) is 22.8 Å². The number of halogens is 1. The van der Waals surface area contributed by atoms with Crippen LogP contribution >= 0.6 is 0 Å². The number of hydrogen-bond acceptors (Lipinski definition) is 3. The van der Waals surface area contributed by atoms with Gasteiger partial charge in [0.05, 0.1) is 5.69 Å². The van der Waals surface area contributed by atoms with Crippen LogP contribution in [0.15, 0.2) is 12.1 Å². The van der Waals surface area contributed by atoms with Gasteiger partial charge in [0, 0.05) is 12.0 Å². The Morgan fingerprint density at radius 3 is 2.33 bits per heavy atom. The summed E-state index contributed by atoms with van der Waals surface area (Å²) in [5.41, 5.74) is 0.201. The molecule has 1 fully saturated rings. The Bertz CT molecular complexity index is 605. The number of hydrogen-bond donors (Lipinski definition) is 1. The second-order valence-corrected chi connectivity index (χ2v) is 13.0. The molecule has 0 unspecified atom stereocenters. The first-order chi connectivity index (χ1) is 11.0. The maximum atomic E-state index is 14.1. The van der Waals surface area contributed by atoms with Crippen molar-refractivity contribution in [3.63, 3.8) is 0 Å². The number of aromatic carboxylic acids is 1. The standard InChI is InChI=1S/C18H28FNO3Si/c1-18(2,3)24(4,5)23-13-8-6-12(7-9-13)16-14(19)10-11-15(20-16)17(21)22/h10-13H,6-9H2,1-5H3,(H,21,22). The summed E-state index contributed by atoms with van der Waals surface area (Å²) in [5, 5.41) is 9.22. The average molecular weight is 354 g/mol. The fourth-order valence-corrected chi connectivity index (χ4v) is 4.33. The van der Waals surface area contributed by atoms with Gasteiger partial charge in [0.25, 0.3) is 0 Å². The van der Waals surface area contributed by atoms with Gasteiger partial charge in [-0.1, -0.05) is 20.8 Å². The van der Waals surface area contributed by atoms with Gasteiger partial charge < -0.3 is 9.53 Å². The lowest BCUT2D eigenvalue weighted by Gasteiger charge is -2.41. The quantitative estimate of drug-likeness (QED) is 0.777. The van der Waals surface area contributed by atoms with Crippen LogP contribution in [0, 0.1) is 5.82 Å². The third-order valence-electron chi connectivity index (χ3n) is 5.42. The van der Waals surface area contributed by atoms with E-state index in [4.69, 9.17) is 9.53 Å². The van der Waals surface area contributed by atoms with Crippen LogP contribution in [0.3, 0.4) is 0 Å². The monoisotopic (exact) mass is 353 g/mol. The minimum Gasteiger partial charge on any atom is -0.477 e. The van der Waals surface area contributed by atoms with Crippen molar-refractivity contribution in [3.05, 3.63) is 29.3 Å². The van der Waals surface area contributed by atoms with Crippen LogP contribution in [-0.4, -0.2) is 30.5 Å². The highest BCUT2D eigenvalue weighted by molar-refractivity contribution is 6.74. The van der Waals surface area contributed by atoms with E-state index in [2.05, 4.69) is 38.8 Å².